The lowest BCUT2D eigenvalue weighted by Crippen LogP contribution is -2.34. The average molecular weight is 347 g/mol. The van der Waals surface area contributed by atoms with E-state index in [0.29, 0.717) is 6.04 Å². The summed E-state index contributed by atoms with van der Waals surface area (Å²) < 4.78 is 18.2. The molecule has 0 bridgehead atoms. The summed E-state index contributed by atoms with van der Waals surface area (Å²) in [6.07, 6.45) is 8.55. The Hall–Kier alpha value is -1.36. The van der Waals surface area contributed by atoms with E-state index >= 15 is 0 Å². The zero-order chi connectivity index (χ0) is 18.1. The Morgan fingerprint density at radius 3 is 2.68 bits per heavy atom. The maximum atomic E-state index is 13.2. The van der Waals surface area contributed by atoms with Crippen LogP contribution in [0.1, 0.15) is 69.9 Å². The van der Waals surface area contributed by atoms with E-state index in [1.54, 1.807) is 12.1 Å². The van der Waals surface area contributed by atoms with Gasteiger partial charge in [0.05, 0.1) is 5.92 Å². The molecule has 0 aromatic heterocycles. The number of benzene rings is 1. The van der Waals surface area contributed by atoms with Crippen LogP contribution in [0.3, 0.4) is 0 Å². The van der Waals surface area contributed by atoms with Crippen LogP contribution in [0.4, 0.5) is 4.39 Å². The summed E-state index contributed by atoms with van der Waals surface area (Å²) in [6.45, 7) is 4.22. The molecule has 1 saturated heterocycles. The van der Waals surface area contributed by atoms with Crippen molar-refractivity contribution in [1.29, 1.82) is 0 Å². The van der Waals surface area contributed by atoms with E-state index < -0.39 is 0 Å². The molecule has 0 spiro atoms. The van der Waals surface area contributed by atoms with Crippen LogP contribution in [0.15, 0.2) is 24.3 Å². The number of unbranched alkanes of at least 4 members (excludes halogenated alkanes) is 1. The van der Waals surface area contributed by atoms with E-state index in [0.717, 1.165) is 51.6 Å². The van der Waals surface area contributed by atoms with Crippen molar-refractivity contribution in [3.05, 3.63) is 35.6 Å². The number of rotatable bonds is 9. The second kappa shape index (κ2) is 10.6. The van der Waals surface area contributed by atoms with E-state index in [1.807, 2.05) is 12.1 Å². The lowest BCUT2D eigenvalue weighted by molar-refractivity contribution is -0.139. The number of nitrogens with zero attached hydrogens (tertiary/aromatic N) is 1. The van der Waals surface area contributed by atoms with Gasteiger partial charge >= 0.3 is 8.05 Å². The molecule has 1 aromatic carbocycles. The molecular weight excluding hydrogens is 316 g/mol. The van der Waals surface area contributed by atoms with Crippen LogP contribution in [-0.4, -0.2) is 32.0 Å². The molecule has 5 heteroatoms. The minimum atomic E-state index is -0.178. The van der Waals surface area contributed by atoms with Gasteiger partial charge in [-0.15, -0.1) is 0 Å². The van der Waals surface area contributed by atoms with Crippen LogP contribution in [0.2, 0.25) is 0 Å². The molecular formula is C20H31BFNO2. The number of carbonyl (C=O) groups excluding carboxylic acids is 1. The maximum absolute atomic E-state index is 13.2. The van der Waals surface area contributed by atoms with Gasteiger partial charge in [-0.25, -0.2) is 4.39 Å². The Morgan fingerprint density at radius 2 is 2.00 bits per heavy atom. The predicted octanol–water partition coefficient (Wildman–Crippen LogP) is 4.03. The molecule has 25 heavy (non-hydrogen) atoms. The van der Waals surface area contributed by atoms with Gasteiger partial charge in [-0.05, 0) is 62.9 Å². The Morgan fingerprint density at radius 1 is 1.28 bits per heavy atom. The zero-order valence-electron chi connectivity index (χ0n) is 15.7. The zero-order valence-corrected chi connectivity index (χ0v) is 15.7. The molecule has 0 amide bonds. The Bertz CT molecular complexity index is 523. The van der Waals surface area contributed by atoms with Gasteiger partial charge in [0.2, 0.25) is 0 Å². The van der Waals surface area contributed by atoms with E-state index in [-0.39, 0.29) is 17.7 Å². The summed E-state index contributed by atoms with van der Waals surface area (Å²) in [5.74, 6) is -0.218. The first-order chi connectivity index (χ1) is 12.2. The fraction of sp³-hybridized carbons (Fsp3) is 0.650. The lowest BCUT2D eigenvalue weighted by Gasteiger charge is -2.36. The maximum Gasteiger partial charge on any atom is 0.325 e. The molecule has 2 rings (SSSR count). The van der Waals surface area contributed by atoms with Crippen molar-refractivity contribution in [2.24, 2.45) is 5.92 Å². The third-order valence-corrected chi connectivity index (χ3v) is 5.31. The second-order valence-corrected chi connectivity index (χ2v) is 7.10. The Kier molecular flexibility index (Phi) is 8.46. The Balaban J connectivity index is 1.90. The van der Waals surface area contributed by atoms with Crippen molar-refractivity contribution in [1.82, 2.24) is 4.90 Å². The van der Waals surface area contributed by atoms with Crippen LogP contribution in [0.25, 0.3) is 0 Å². The predicted molar refractivity (Wildman–Crippen MR) is 101 cm³/mol. The van der Waals surface area contributed by atoms with Crippen molar-refractivity contribution in [2.45, 2.75) is 64.3 Å². The SMILES string of the molecule is BOC(=O)C(CCCC)CCCN1CCCCC1c1ccc(F)cc1. The van der Waals surface area contributed by atoms with Crippen LogP contribution in [0, 0.1) is 11.7 Å². The third-order valence-electron chi connectivity index (χ3n) is 5.31. The smallest absolute Gasteiger partial charge is 0.325 e. The highest BCUT2D eigenvalue weighted by molar-refractivity contribution is 6.05. The van der Waals surface area contributed by atoms with Crippen LogP contribution >= 0.6 is 0 Å². The molecule has 2 atom stereocenters. The van der Waals surface area contributed by atoms with Crippen LogP contribution in [-0.2, 0) is 9.45 Å². The van der Waals surface area contributed by atoms with Gasteiger partial charge in [0.25, 0.3) is 5.97 Å². The van der Waals surface area contributed by atoms with Gasteiger partial charge < -0.3 is 4.65 Å². The van der Waals surface area contributed by atoms with E-state index in [9.17, 15) is 9.18 Å². The van der Waals surface area contributed by atoms with Gasteiger partial charge in [-0.3, -0.25) is 9.69 Å². The summed E-state index contributed by atoms with van der Waals surface area (Å²) in [5, 5.41) is 0. The first-order valence-electron chi connectivity index (χ1n) is 9.73. The number of halogens is 1. The molecule has 3 nitrogen and oxygen atoms in total. The summed E-state index contributed by atoms with van der Waals surface area (Å²) in [6, 6.07) is 7.31. The number of piperidine rings is 1. The van der Waals surface area contributed by atoms with Crippen molar-refractivity contribution in [2.75, 3.05) is 13.1 Å². The first kappa shape index (κ1) is 20.0. The molecule has 0 radical (unpaired) electrons. The van der Waals surface area contributed by atoms with Gasteiger partial charge in [-0.2, -0.15) is 0 Å². The fourth-order valence-corrected chi connectivity index (χ4v) is 3.86. The van der Waals surface area contributed by atoms with Crippen molar-refractivity contribution in [3.63, 3.8) is 0 Å². The minimum Gasteiger partial charge on any atom is -0.543 e. The topological polar surface area (TPSA) is 29.5 Å². The normalized spacial score (nSPS) is 19.5. The van der Waals surface area contributed by atoms with E-state index in [4.69, 9.17) is 4.65 Å². The van der Waals surface area contributed by atoms with Gasteiger partial charge in [-0.1, -0.05) is 38.3 Å². The van der Waals surface area contributed by atoms with Crippen molar-refractivity contribution < 1.29 is 13.8 Å². The van der Waals surface area contributed by atoms with Crippen molar-refractivity contribution >= 4 is 14.0 Å². The molecule has 1 aromatic rings. The second-order valence-electron chi connectivity index (χ2n) is 7.10. The lowest BCUT2D eigenvalue weighted by atomic mass is 9.93. The quantitative estimate of drug-likeness (QED) is 0.632. The highest BCUT2D eigenvalue weighted by atomic mass is 19.1. The highest BCUT2D eigenvalue weighted by Gasteiger charge is 2.24. The standard InChI is InChI=1S/C20H31BFNO2/c1-2-3-7-17(20(24)25-21)8-6-15-23-14-5-4-9-19(23)16-10-12-18(22)13-11-16/h10-13,17,19H,2-9,14-15,21H2,1H3. The summed E-state index contributed by atoms with van der Waals surface area (Å²) >= 11 is 0. The molecule has 1 fully saturated rings. The third kappa shape index (κ3) is 6.14. The average Bonchev–Trinajstić information content (AvgIpc) is 2.65. The molecule has 0 aliphatic carbocycles. The molecule has 2 unspecified atom stereocenters. The summed E-state index contributed by atoms with van der Waals surface area (Å²) in [4.78, 5) is 14.5. The van der Waals surface area contributed by atoms with Crippen LogP contribution in [0.5, 0.6) is 0 Å². The minimum absolute atomic E-state index is 0.0269. The van der Waals surface area contributed by atoms with E-state index in [2.05, 4.69) is 11.8 Å². The number of carbonyl (C=O) groups is 1. The molecule has 0 N–H and O–H groups in total. The van der Waals surface area contributed by atoms with Gasteiger partial charge in [0.1, 0.15) is 5.82 Å². The first-order valence-corrected chi connectivity index (χ1v) is 9.73. The highest BCUT2D eigenvalue weighted by Crippen LogP contribution is 2.31. The largest absolute Gasteiger partial charge is 0.543 e. The number of hydrogen-bond donors (Lipinski definition) is 0. The van der Waals surface area contributed by atoms with Gasteiger partial charge in [0.15, 0.2) is 0 Å². The molecule has 1 heterocycles. The fourth-order valence-electron chi connectivity index (χ4n) is 3.86. The number of hydrogen-bond acceptors (Lipinski definition) is 3. The summed E-state index contributed by atoms with van der Waals surface area (Å²) in [5.41, 5.74) is 1.21. The molecule has 1 aliphatic rings. The molecule has 1 aliphatic heterocycles. The van der Waals surface area contributed by atoms with Crippen molar-refractivity contribution in [3.8, 4) is 0 Å². The van der Waals surface area contributed by atoms with E-state index in [1.165, 1.54) is 26.5 Å². The summed E-state index contributed by atoms with van der Waals surface area (Å²) in [7, 11) is 1.48. The number of likely N-dealkylation sites (tertiary alicyclic amines) is 1. The van der Waals surface area contributed by atoms with Gasteiger partial charge in [0, 0.05) is 6.04 Å². The molecule has 0 saturated carbocycles. The Labute approximate surface area is 152 Å². The monoisotopic (exact) mass is 347 g/mol. The molecule has 138 valence electrons. The van der Waals surface area contributed by atoms with Crippen LogP contribution < -0.4 is 0 Å².